The van der Waals surface area contributed by atoms with E-state index in [9.17, 15) is 4.79 Å². The number of oxazole rings is 1. The Morgan fingerprint density at radius 3 is 3.20 bits per heavy atom. The van der Waals surface area contributed by atoms with Gasteiger partial charge in [0.1, 0.15) is 5.52 Å². The highest BCUT2D eigenvalue weighted by molar-refractivity contribution is 9.10. The van der Waals surface area contributed by atoms with Crippen molar-refractivity contribution >= 4 is 39.1 Å². The second kappa shape index (κ2) is 5.32. The van der Waals surface area contributed by atoms with Crippen LogP contribution in [0.25, 0.3) is 11.1 Å². The van der Waals surface area contributed by atoms with Gasteiger partial charge in [-0.05, 0) is 31.0 Å². The van der Waals surface area contributed by atoms with Crippen LogP contribution in [0.3, 0.4) is 0 Å². The number of anilines is 1. The number of benzene rings is 1. The average molecular weight is 339 g/mol. The van der Waals surface area contributed by atoms with E-state index in [0.29, 0.717) is 19.1 Å². The van der Waals surface area contributed by atoms with Crippen molar-refractivity contribution in [2.45, 2.75) is 18.9 Å². The fraction of sp³-hybridized carbons (Fsp3) is 0.385. The third kappa shape index (κ3) is 2.72. The summed E-state index contributed by atoms with van der Waals surface area (Å²) in [6.45, 7) is 1.30. The Balaban J connectivity index is 1.74. The molecule has 0 radical (unpaired) electrons. The lowest BCUT2D eigenvalue weighted by Crippen LogP contribution is -2.47. The Labute approximate surface area is 124 Å². The van der Waals surface area contributed by atoms with Crippen molar-refractivity contribution in [3.05, 3.63) is 22.7 Å². The summed E-state index contributed by atoms with van der Waals surface area (Å²) < 4.78 is 6.60. The zero-order chi connectivity index (χ0) is 14.1. The summed E-state index contributed by atoms with van der Waals surface area (Å²) in [5.74, 6) is 0. The van der Waals surface area contributed by atoms with Crippen LogP contribution in [0.4, 0.5) is 10.8 Å². The first-order valence-corrected chi connectivity index (χ1v) is 7.28. The van der Waals surface area contributed by atoms with Crippen molar-refractivity contribution in [1.82, 2.24) is 9.88 Å². The quantitative estimate of drug-likeness (QED) is 0.881. The molecule has 0 spiro atoms. The molecule has 2 heterocycles. The number of urea groups is 1. The predicted octanol–water partition coefficient (Wildman–Crippen LogP) is 2.55. The highest BCUT2D eigenvalue weighted by atomic mass is 79.9. The van der Waals surface area contributed by atoms with Crippen molar-refractivity contribution in [1.29, 1.82) is 0 Å². The molecule has 1 atom stereocenters. The van der Waals surface area contributed by atoms with Crippen molar-refractivity contribution in [3.63, 3.8) is 0 Å². The normalized spacial score (nSPS) is 19.2. The second-order valence-corrected chi connectivity index (χ2v) is 5.81. The summed E-state index contributed by atoms with van der Waals surface area (Å²) in [6.07, 6.45) is 1.89. The second-order valence-electron chi connectivity index (χ2n) is 4.90. The molecular weight excluding hydrogens is 324 g/mol. The molecule has 1 fully saturated rings. The van der Waals surface area contributed by atoms with Gasteiger partial charge < -0.3 is 20.4 Å². The third-order valence-corrected chi connectivity index (χ3v) is 3.90. The molecule has 3 N–H and O–H groups in total. The first kappa shape index (κ1) is 13.2. The molecule has 1 aromatic heterocycles. The fourth-order valence-electron chi connectivity index (χ4n) is 2.43. The number of aromatic nitrogens is 1. The molecule has 20 heavy (non-hydrogen) atoms. The van der Waals surface area contributed by atoms with Crippen LogP contribution in [-0.4, -0.2) is 35.0 Å². The highest BCUT2D eigenvalue weighted by Crippen LogP contribution is 2.24. The van der Waals surface area contributed by atoms with Gasteiger partial charge in [0.05, 0.1) is 0 Å². The van der Waals surface area contributed by atoms with E-state index in [4.69, 9.17) is 10.2 Å². The lowest BCUT2D eigenvalue weighted by Gasteiger charge is -2.31. The molecule has 1 unspecified atom stereocenters. The van der Waals surface area contributed by atoms with Gasteiger partial charge in [0.2, 0.25) is 0 Å². The van der Waals surface area contributed by atoms with Crippen LogP contribution in [0.1, 0.15) is 12.8 Å². The monoisotopic (exact) mass is 338 g/mol. The summed E-state index contributed by atoms with van der Waals surface area (Å²) in [5, 5.41) is 3.23. The first-order chi connectivity index (χ1) is 9.61. The minimum atomic E-state index is -0.377. The maximum Gasteiger partial charge on any atom is 0.314 e. The van der Waals surface area contributed by atoms with E-state index in [1.807, 2.05) is 18.2 Å². The van der Waals surface area contributed by atoms with Gasteiger partial charge in [-0.3, -0.25) is 0 Å². The van der Waals surface area contributed by atoms with Crippen LogP contribution in [0.15, 0.2) is 27.1 Å². The molecule has 1 aliphatic heterocycles. The topological polar surface area (TPSA) is 84.4 Å². The van der Waals surface area contributed by atoms with E-state index >= 15 is 0 Å². The number of amides is 2. The van der Waals surface area contributed by atoms with Gasteiger partial charge in [-0.2, -0.15) is 4.98 Å². The maximum absolute atomic E-state index is 11.2. The van der Waals surface area contributed by atoms with E-state index in [0.717, 1.165) is 28.4 Å². The molecule has 7 heteroatoms. The van der Waals surface area contributed by atoms with E-state index < -0.39 is 0 Å². The summed E-state index contributed by atoms with van der Waals surface area (Å²) in [4.78, 5) is 17.2. The van der Waals surface area contributed by atoms with E-state index in [-0.39, 0.29) is 12.1 Å². The van der Waals surface area contributed by atoms with Crippen LogP contribution in [-0.2, 0) is 0 Å². The fourth-order valence-corrected chi connectivity index (χ4v) is 2.78. The molecular formula is C13H15BrN4O2. The number of piperidine rings is 1. The number of hydrogen-bond donors (Lipinski definition) is 2. The van der Waals surface area contributed by atoms with Gasteiger partial charge in [0, 0.05) is 23.6 Å². The van der Waals surface area contributed by atoms with E-state index in [1.165, 1.54) is 0 Å². The van der Waals surface area contributed by atoms with Crippen LogP contribution in [0.5, 0.6) is 0 Å². The van der Waals surface area contributed by atoms with Gasteiger partial charge in [0.25, 0.3) is 6.01 Å². The van der Waals surface area contributed by atoms with Crippen LogP contribution in [0, 0.1) is 0 Å². The van der Waals surface area contributed by atoms with Crippen molar-refractivity contribution < 1.29 is 9.21 Å². The number of nitrogens with zero attached hydrogens (tertiary/aromatic N) is 2. The summed E-state index contributed by atoms with van der Waals surface area (Å²) in [5.41, 5.74) is 6.85. The Bertz CT molecular complexity index is 642. The van der Waals surface area contributed by atoms with Crippen molar-refractivity contribution in [2.75, 3.05) is 18.4 Å². The number of primary amides is 1. The molecule has 1 aromatic carbocycles. The molecule has 0 saturated carbocycles. The standard InChI is InChI=1S/C13H15BrN4O2/c14-8-3-4-11-10(6-8)17-13(20-11)16-9-2-1-5-18(7-9)12(15)19/h3-4,6,9H,1-2,5,7H2,(H2,15,19)(H,16,17). The summed E-state index contributed by atoms with van der Waals surface area (Å²) in [7, 11) is 0. The van der Waals surface area contributed by atoms with Gasteiger partial charge in [-0.15, -0.1) is 0 Å². The average Bonchev–Trinajstić information content (AvgIpc) is 2.80. The number of likely N-dealkylation sites (tertiary alicyclic amines) is 1. The van der Waals surface area contributed by atoms with Gasteiger partial charge in [0.15, 0.2) is 5.58 Å². The molecule has 1 saturated heterocycles. The van der Waals surface area contributed by atoms with E-state index in [2.05, 4.69) is 26.2 Å². The van der Waals surface area contributed by atoms with Crippen molar-refractivity contribution in [3.8, 4) is 0 Å². The molecule has 6 nitrogen and oxygen atoms in total. The van der Waals surface area contributed by atoms with Gasteiger partial charge in [-0.1, -0.05) is 15.9 Å². The SMILES string of the molecule is NC(=O)N1CCCC(Nc2nc3cc(Br)ccc3o2)C1. The maximum atomic E-state index is 11.2. The third-order valence-electron chi connectivity index (χ3n) is 3.41. The van der Waals surface area contributed by atoms with Crippen molar-refractivity contribution in [2.24, 2.45) is 5.73 Å². The summed E-state index contributed by atoms with van der Waals surface area (Å²) >= 11 is 3.40. The zero-order valence-corrected chi connectivity index (χ0v) is 12.4. The lowest BCUT2D eigenvalue weighted by molar-refractivity contribution is 0.191. The Kier molecular flexibility index (Phi) is 3.52. The number of carbonyl (C=O) groups excluding carboxylic acids is 1. The minimum absolute atomic E-state index is 0.118. The first-order valence-electron chi connectivity index (χ1n) is 6.49. The highest BCUT2D eigenvalue weighted by Gasteiger charge is 2.23. The van der Waals surface area contributed by atoms with Gasteiger partial charge in [-0.25, -0.2) is 4.79 Å². The molecule has 106 valence electrons. The Morgan fingerprint density at radius 2 is 2.40 bits per heavy atom. The Hall–Kier alpha value is -1.76. The predicted molar refractivity (Wildman–Crippen MR) is 79.5 cm³/mol. The molecule has 2 amide bonds. The smallest absolute Gasteiger partial charge is 0.314 e. The number of hydrogen-bond acceptors (Lipinski definition) is 4. The van der Waals surface area contributed by atoms with Crippen LogP contribution < -0.4 is 11.1 Å². The summed E-state index contributed by atoms with van der Waals surface area (Å²) in [6, 6.07) is 5.90. The minimum Gasteiger partial charge on any atom is -0.424 e. The van der Waals surface area contributed by atoms with Crippen LogP contribution in [0.2, 0.25) is 0 Å². The number of rotatable bonds is 2. The van der Waals surface area contributed by atoms with E-state index in [1.54, 1.807) is 4.90 Å². The zero-order valence-electron chi connectivity index (χ0n) is 10.8. The number of halogens is 1. The number of carbonyl (C=O) groups is 1. The molecule has 2 aromatic rings. The number of nitrogens with two attached hydrogens (primary N) is 1. The lowest BCUT2D eigenvalue weighted by atomic mass is 10.1. The van der Waals surface area contributed by atoms with Crippen LogP contribution >= 0.6 is 15.9 Å². The molecule has 0 bridgehead atoms. The molecule has 0 aliphatic carbocycles. The largest absolute Gasteiger partial charge is 0.424 e. The Morgan fingerprint density at radius 1 is 1.55 bits per heavy atom. The molecule has 1 aliphatic rings. The number of nitrogens with one attached hydrogen (secondary N) is 1. The molecule has 3 rings (SSSR count). The van der Waals surface area contributed by atoms with Gasteiger partial charge >= 0.3 is 6.03 Å². The number of fused-ring (bicyclic) bond motifs is 1.